The maximum absolute atomic E-state index is 8.77. The van der Waals surface area contributed by atoms with Crippen molar-refractivity contribution in [3.63, 3.8) is 0 Å². The highest BCUT2D eigenvalue weighted by Gasteiger charge is 2.24. The number of aliphatic hydroxyl groups is 2. The van der Waals surface area contributed by atoms with Gasteiger partial charge in [-0.1, -0.05) is 27.2 Å². The monoisotopic (exact) mass is 132 g/mol. The molecular weight excluding hydrogens is 116 g/mol. The third-order valence-electron chi connectivity index (χ3n) is 1.59. The van der Waals surface area contributed by atoms with Crippen molar-refractivity contribution in [2.24, 2.45) is 5.41 Å². The fraction of sp³-hybridized carbons (Fsp3) is 1.00. The van der Waals surface area contributed by atoms with Crippen LogP contribution in [0.25, 0.3) is 0 Å². The van der Waals surface area contributed by atoms with Crippen LogP contribution in [-0.4, -0.2) is 16.5 Å². The lowest BCUT2D eigenvalue weighted by Crippen LogP contribution is -2.28. The van der Waals surface area contributed by atoms with E-state index in [0.29, 0.717) is 0 Å². The lowest BCUT2D eigenvalue weighted by molar-refractivity contribution is -0.124. The second kappa shape index (κ2) is 3.18. The summed E-state index contributed by atoms with van der Waals surface area (Å²) in [5.41, 5.74) is -0.339. The Morgan fingerprint density at radius 2 is 1.78 bits per heavy atom. The molecule has 0 fully saturated rings. The fourth-order valence-electron chi connectivity index (χ4n) is 0.773. The van der Waals surface area contributed by atoms with Crippen LogP contribution in [0.4, 0.5) is 0 Å². The van der Waals surface area contributed by atoms with E-state index >= 15 is 0 Å². The molecule has 0 heterocycles. The van der Waals surface area contributed by atoms with E-state index in [1.165, 1.54) is 0 Å². The predicted octanol–water partition coefficient (Wildman–Crippen LogP) is 1.12. The fourth-order valence-corrected chi connectivity index (χ4v) is 0.773. The first-order chi connectivity index (χ1) is 4.00. The van der Waals surface area contributed by atoms with Gasteiger partial charge in [-0.05, 0) is 6.42 Å². The zero-order valence-electron chi connectivity index (χ0n) is 6.39. The standard InChI is InChI=1S/C7H16O2/c1-4-5-7(2,3)6(8)9/h6,8-9H,4-5H2,1-3H3. The van der Waals surface area contributed by atoms with E-state index in [1.54, 1.807) is 0 Å². The maximum atomic E-state index is 8.77. The smallest absolute Gasteiger partial charge is 0.156 e. The first kappa shape index (κ1) is 8.92. The Bertz CT molecular complexity index is 77.0. The third-order valence-corrected chi connectivity index (χ3v) is 1.59. The van der Waals surface area contributed by atoms with Gasteiger partial charge in [-0.15, -0.1) is 0 Å². The molecule has 0 aromatic heterocycles. The molecule has 0 saturated carbocycles. The van der Waals surface area contributed by atoms with Crippen LogP contribution in [0, 0.1) is 5.41 Å². The van der Waals surface area contributed by atoms with Crippen molar-refractivity contribution in [2.45, 2.75) is 39.9 Å². The molecule has 2 heteroatoms. The molecule has 0 saturated heterocycles. The minimum Gasteiger partial charge on any atom is -0.368 e. The van der Waals surface area contributed by atoms with E-state index < -0.39 is 6.29 Å². The van der Waals surface area contributed by atoms with Gasteiger partial charge in [0.1, 0.15) is 0 Å². The van der Waals surface area contributed by atoms with E-state index in [-0.39, 0.29) is 5.41 Å². The topological polar surface area (TPSA) is 40.5 Å². The molecule has 56 valence electrons. The number of aliphatic hydroxyl groups excluding tert-OH is 1. The Kier molecular flexibility index (Phi) is 3.15. The summed E-state index contributed by atoms with van der Waals surface area (Å²) in [5.74, 6) is 0. The average Bonchev–Trinajstić information content (AvgIpc) is 1.65. The van der Waals surface area contributed by atoms with E-state index in [0.717, 1.165) is 12.8 Å². The molecule has 0 atom stereocenters. The van der Waals surface area contributed by atoms with Crippen molar-refractivity contribution in [2.75, 3.05) is 0 Å². The second-order valence-electron chi connectivity index (χ2n) is 3.11. The minimum atomic E-state index is -1.18. The SMILES string of the molecule is CCCC(C)(C)C(O)O. The summed E-state index contributed by atoms with van der Waals surface area (Å²) in [7, 11) is 0. The van der Waals surface area contributed by atoms with E-state index in [1.807, 2.05) is 20.8 Å². The van der Waals surface area contributed by atoms with Crippen molar-refractivity contribution in [3.05, 3.63) is 0 Å². The van der Waals surface area contributed by atoms with Gasteiger partial charge < -0.3 is 10.2 Å². The van der Waals surface area contributed by atoms with Gasteiger partial charge >= 0.3 is 0 Å². The summed E-state index contributed by atoms with van der Waals surface area (Å²) in [6.07, 6.45) is 0.660. The van der Waals surface area contributed by atoms with Crippen LogP contribution in [0.3, 0.4) is 0 Å². The highest BCUT2D eigenvalue weighted by molar-refractivity contribution is 4.68. The zero-order valence-corrected chi connectivity index (χ0v) is 6.39. The summed E-state index contributed by atoms with van der Waals surface area (Å²) in [6.45, 7) is 5.73. The van der Waals surface area contributed by atoms with Crippen LogP contribution in [0.2, 0.25) is 0 Å². The molecule has 0 aromatic carbocycles. The second-order valence-corrected chi connectivity index (χ2v) is 3.11. The van der Waals surface area contributed by atoms with Crippen molar-refractivity contribution in [1.29, 1.82) is 0 Å². The minimum absolute atomic E-state index is 0.339. The van der Waals surface area contributed by atoms with Crippen LogP contribution in [0.5, 0.6) is 0 Å². The van der Waals surface area contributed by atoms with Crippen LogP contribution in [0.15, 0.2) is 0 Å². The Hall–Kier alpha value is -0.0800. The summed E-state index contributed by atoms with van der Waals surface area (Å²) in [6, 6.07) is 0. The van der Waals surface area contributed by atoms with Gasteiger partial charge in [0.2, 0.25) is 0 Å². The van der Waals surface area contributed by atoms with Gasteiger partial charge in [-0.25, -0.2) is 0 Å². The first-order valence-corrected chi connectivity index (χ1v) is 3.37. The van der Waals surface area contributed by atoms with Crippen LogP contribution < -0.4 is 0 Å². The number of hydrogen-bond donors (Lipinski definition) is 2. The summed E-state index contributed by atoms with van der Waals surface area (Å²) in [5, 5.41) is 17.5. The van der Waals surface area contributed by atoms with Crippen molar-refractivity contribution in [3.8, 4) is 0 Å². The van der Waals surface area contributed by atoms with Gasteiger partial charge in [0.25, 0.3) is 0 Å². The van der Waals surface area contributed by atoms with Crippen molar-refractivity contribution < 1.29 is 10.2 Å². The largest absolute Gasteiger partial charge is 0.368 e. The van der Waals surface area contributed by atoms with Gasteiger partial charge in [0.05, 0.1) is 0 Å². The molecule has 0 spiro atoms. The van der Waals surface area contributed by atoms with Crippen molar-refractivity contribution >= 4 is 0 Å². The van der Waals surface area contributed by atoms with Crippen molar-refractivity contribution in [1.82, 2.24) is 0 Å². The van der Waals surface area contributed by atoms with Gasteiger partial charge in [-0.3, -0.25) is 0 Å². The Morgan fingerprint density at radius 3 is 1.89 bits per heavy atom. The molecule has 0 aliphatic carbocycles. The number of hydrogen-bond acceptors (Lipinski definition) is 2. The molecule has 0 bridgehead atoms. The highest BCUT2D eigenvalue weighted by atomic mass is 16.5. The average molecular weight is 132 g/mol. The maximum Gasteiger partial charge on any atom is 0.156 e. The Labute approximate surface area is 56.5 Å². The molecule has 2 N–H and O–H groups in total. The predicted molar refractivity (Wildman–Crippen MR) is 36.9 cm³/mol. The molecule has 0 unspecified atom stereocenters. The molecule has 0 radical (unpaired) electrons. The highest BCUT2D eigenvalue weighted by Crippen LogP contribution is 2.24. The summed E-state index contributed by atoms with van der Waals surface area (Å²) in [4.78, 5) is 0. The molecule has 0 amide bonds. The van der Waals surface area contributed by atoms with Gasteiger partial charge in [0, 0.05) is 5.41 Å². The van der Waals surface area contributed by atoms with E-state index in [9.17, 15) is 0 Å². The lowest BCUT2D eigenvalue weighted by Gasteiger charge is -2.25. The van der Waals surface area contributed by atoms with Gasteiger partial charge in [-0.2, -0.15) is 0 Å². The first-order valence-electron chi connectivity index (χ1n) is 3.37. The zero-order chi connectivity index (χ0) is 7.49. The third kappa shape index (κ3) is 2.82. The Morgan fingerprint density at radius 1 is 1.33 bits per heavy atom. The van der Waals surface area contributed by atoms with E-state index in [4.69, 9.17) is 10.2 Å². The van der Waals surface area contributed by atoms with Crippen LogP contribution >= 0.6 is 0 Å². The molecule has 2 nitrogen and oxygen atoms in total. The molecule has 0 rings (SSSR count). The molecule has 0 aromatic rings. The lowest BCUT2D eigenvalue weighted by atomic mass is 9.87. The molecule has 9 heavy (non-hydrogen) atoms. The van der Waals surface area contributed by atoms with E-state index in [2.05, 4.69) is 0 Å². The molecule has 0 aliphatic heterocycles. The summed E-state index contributed by atoms with van der Waals surface area (Å²) >= 11 is 0. The normalized spacial score (nSPS) is 12.7. The molecular formula is C7H16O2. The number of rotatable bonds is 3. The molecule has 0 aliphatic rings. The van der Waals surface area contributed by atoms with Gasteiger partial charge in [0.15, 0.2) is 6.29 Å². The quantitative estimate of drug-likeness (QED) is 0.565. The van der Waals surface area contributed by atoms with Crippen LogP contribution in [-0.2, 0) is 0 Å². The Balaban J connectivity index is 3.70. The van der Waals surface area contributed by atoms with Crippen LogP contribution in [0.1, 0.15) is 33.6 Å². The summed E-state index contributed by atoms with van der Waals surface area (Å²) < 4.78 is 0.